The first-order valence-corrected chi connectivity index (χ1v) is 13.4. The lowest BCUT2D eigenvalue weighted by molar-refractivity contribution is 0.0519. The summed E-state index contributed by atoms with van der Waals surface area (Å²) in [6.45, 7) is 5.61. The Morgan fingerprint density at radius 2 is 1.92 bits per heavy atom. The smallest absolute Gasteiger partial charge is 0.407 e. The average Bonchev–Trinajstić information content (AvgIpc) is 3.46. The van der Waals surface area contributed by atoms with Crippen LogP contribution in [0.4, 0.5) is 4.79 Å². The fraction of sp³-hybridized carbons (Fsp3) is 0.296. The number of methoxy groups -OCH3 is 1. The van der Waals surface area contributed by atoms with Crippen molar-refractivity contribution in [2.75, 3.05) is 13.7 Å². The zero-order valence-corrected chi connectivity index (χ0v) is 23.5. The number of halogens is 1. The van der Waals surface area contributed by atoms with Crippen molar-refractivity contribution in [1.82, 2.24) is 20.6 Å². The van der Waals surface area contributed by atoms with Crippen LogP contribution in [0.25, 0.3) is 21.5 Å². The third-order valence-corrected chi connectivity index (χ3v) is 7.70. The first-order chi connectivity index (χ1) is 17.7. The highest BCUT2D eigenvalue weighted by atomic mass is 79.9. The number of benzene rings is 1. The zero-order valence-electron chi connectivity index (χ0n) is 21.1. The molecule has 8 nitrogen and oxygen atoms in total. The summed E-state index contributed by atoms with van der Waals surface area (Å²) in [4.78, 5) is 34.6. The van der Waals surface area contributed by atoms with Crippen LogP contribution in [0.1, 0.15) is 36.0 Å². The lowest BCUT2D eigenvalue weighted by Crippen LogP contribution is -2.46. The second-order valence-corrected chi connectivity index (χ2v) is 11.3. The third kappa shape index (κ3) is 6.50. The van der Waals surface area contributed by atoms with Crippen LogP contribution in [0.3, 0.4) is 0 Å². The number of hydrogen-bond donors (Lipinski definition) is 3. The fourth-order valence-electron chi connectivity index (χ4n) is 3.90. The summed E-state index contributed by atoms with van der Waals surface area (Å²) in [6, 6.07) is 13.3. The number of nitrogens with zero attached hydrogens (tertiary/aromatic N) is 1. The number of ether oxygens (including phenoxy) is 2. The number of fused-ring (bicyclic) bond motifs is 1. The molecule has 0 fully saturated rings. The molecule has 0 saturated carbocycles. The number of aromatic nitrogens is 2. The standard InChI is InChI=1S/C27H29BrN4O4S/c1-27(2,3)36-26(34)31-15-17(14-16-8-6-5-7-9-16)32-25(33)23-21(35-4)20(28)22(37-23)18-10-12-29-24-19(18)11-13-30-24/h5-13,17H,14-15H2,1-4H3,(H,29,30)(H,31,34)(H,32,33). The Balaban J connectivity index is 1.59. The van der Waals surface area contributed by atoms with E-state index in [1.165, 1.54) is 18.4 Å². The molecule has 1 unspecified atom stereocenters. The molecule has 0 aliphatic carbocycles. The highest BCUT2D eigenvalue weighted by Gasteiger charge is 2.27. The predicted molar refractivity (Wildman–Crippen MR) is 149 cm³/mol. The predicted octanol–water partition coefficient (Wildman–Crippen LogP) is 5.93. The van der Waals surface area contributed by atoms with Gasteiger partial charge in [0.05, 0.1) is 22.5 Å². The van der Waals surface area contributed by atoms with Gasteiger partial charge in [0.1, 0.15) is 16.1 Å². The molecule has 4 aromatic rings. The number of aromatic amines is 1. The average molecular weight is 586 g/mol. The summed E-state index contributed by atoms with van der Waals surface area (Å²) in [6.07, 6.45) is 3.55. The van der Waals surface area contributed by atoms with Gasteiger partial charge in [0, 0.05) is 29.9 Å². The molecule has 0 saturated heterocycles. The lowest BCUT2D eigenvalue weighted by atomic mass is 10.1. The van der Waals surface area contributed by atoms with Crippen molar-refractivity contribution < 1.29 is 19.1 Å². The van der Waals surface area contributed by atoms with E-state index in [0.29, 0.717) is 21.5 Å². The van der Waals surface area contributed by atoms with Crippen molar-refractivity contribution in [1.29, 1.82) is 0 Å². The van der Waals surface area contributed by atoms with Gasteiger partial charge >= 0.3 is 6.09 Å². The van der Waals surface area contributed by atoms with Gasteiger partial charge < -0.3 is 25.1 Å². The summed E-state index contributed by atoms with van der Waals surface area (Å²) < 4.78 is 11.7. The van der Waals surface area contributed by atoms with Crippen molar-refractivity contribution in [2.24, 2.45) is 0 Å². The number of alkyl carbamates (subject to hydrolysis) is 1. The van der Waals surface area contributed by atoms with Gasteiger partial charge in [-0.2, -0.15) is 0 Å². The maximum absolute atomic E-state index is 13.5. The molecule has 2 amide bonds. The topological polar surface area (TPSA) is 105 Å². The molecular weight excluding hydrogens is 556 g/mol. The molecule has 0 aliphatic rings. The van der Waals surface area contributed by atoms with E-state index in [0.717, 1.165) is 27.0 Å². The lowest BCUT2D eigenvalue weighted by Gasteiger charge is -2.23. The normalized spacial score (nSPS) is 12.2. The van der Waals surface area contributed by atoms with E-state index >= 15 is 0 Å². The minimum atomic E-state index is -0.618. The fourth-order valence-corrected chi connectivity index (χ4v) is 5.96. The molecule has 0 radical (unpaired) electrons. The Morgan fingerprint density at radius 1 is 1.16 bits per heavy atom. The first-order valence-electron chi connectivity index (χ1n) is 11.8. The Kier molecular flexibility index (Phi) is 8.19. The quantitative estimate of drug-likeness (QED) is 0.238. The van der Waals surface area contributed by atoms with E-state index < -0.39 is 11.7 Å². The van der Waals surface area contributed by atoms with Crippen molar-refractivity contribution in [2.45, 2.75) is 38.8 Å². The number of H-pyrrole nitrogens is 1. The van der Waals surface area contributed by atoms with Crippen LogP contribution in [-0.2, 0) is 11.2 Å². The third-order valence-electron chi connectivity index (χ3n) is 5.48. The van der Waals surface area contributed by atoms with Gasteiger partial charge in [-0.05, 0) is 60.8 Å². The summed E-state index contributed by atoms with van der Waals surface area (Å²) >= 11 is 4.97. The van der Waals surface area contributed by atoms with Gasteiger partial charge in [0.15, 0.2) is 5.75 Å². The Morgan fingerprint density at radius 3 is 2.62 bits per heavy atom. The van der Waals surface area contributed by atoms with Crippen LogP contribution in [-0.4, -0.2) is 47.3 Å². The second kappa shape index (κ2) is 11.4. The molecule has 37 heavy (non-hydrogen) atoms. The second-order valence-electron chi connectivity index (χ2n) is 9.45. The maximum Gasteiger partial charge on any atom is 0.407 e. The summed E-state index contributed by atoms with van der Waals surface area (Å²) in [5.74, 6) is 0.164. The number of rotatable bonds is 8. The van der Waals surface area contributed by atoms with E-state index in [4.69, 9.17) is 9.47 Å². The van der Waals surface area contributed by atoms with Crippen molar-refractivity contribution in [3.63, 3.8) is 0 Å². The van der Waals surface area contributed by atoms with Crippen LogP contribution in [0.5, 0.6) is 5.75 Å². The van der Waals surface area contributed by atoms with Gasteiger partial charge in [-0.15, -0.1) is 11.3 Å². The zero-order chi connectivity index (χ0) is 26.6. The van der Waals surface area contributed by atoms with Gasteiger partial charge in [-0.25, -0.2) is 9.78 Å². The summed E-state index contributed by atoms with van der Waals surface area (Å²) in [7, 11) is 1.54. The van der Waals surface area contributed by atoms with Gasteiger partial charge in [-0.3, -0.25) is 4.79 Å². The van der Waals surface area contributed by atoms with Crippen molar-refractivity contribution in [3.05, 3.63) is 69.8 Å². The number of thiophene rings is 1. The minimum Gasteiger partial charge on any atom is -0.494 e. The molecule has 194 valence electrons. The molecule has 3 N–H and O–H groups in total. The summed E-state index contributed by atoms with van der Waals surface area (Å²) in [5.41, 5.74) is 2.12. The van der Waals surface area contributed by atoms with E-state index in [9.17, 15) is 9.59 Å². The van der Waals surface area contributed by atoms with Crippen LogP contribution >= 0.6 is 27.3 Å². The molecular formula is C27H29BrN4O4S. The van der Waals surface area contributed by atoms with E-state index in [2.05, 4.69) is 36.5 Å². The van der Waals surface area contributed by atoms with Crippen molar-refractivity contribution in [3.8, 4) is 16.2 Å². The van der Waals surface area contributed by atoms with Crippen LogP contribution < -0.4 is 15.4 Å². The van der Waals surface area contributed by atoms with Gasteiger partial charge in [0.25, 0.3) is 5.91 Å². The molecule has 0 bridgehead atoms. The van der Waals surface area contributed by atoms with E-state index in [-0.39, 0.29) is 18.5 Å². The van der Waals surface area contributed by atoms with Crippen LogP contribution in [0.15, 0.2) is 59.3 Å². The number of nitrogens with one attached hydrogen (secondary N) is 3. The minimum absolute atomic E-state index is 0.200. The number of amides is 2. The monoisotopic (exact) mass is 584 g/mol. The van der Waals surface area contributed by atoms with Crippen LogP contribution in [0, 0.1) is 0 Å². The number of hydrogen-bond acceptors (Lipinski definition) is 6. The maximum atomic E-state index is 13.5. The molecule has 3 aromatic heterocycles. The first kappa shape index (κ1) is 26.7. The Hall–Kier alpha value is -3.37. The molecule has 1 atom stereocenters. The van der Waals surface area contributed by atoms with E-state index in [1.807, 2.05) is 48.7 Å². The highest BCUT2D eigenvalue weighted by Crippen LogP contribution is 2.46. The Labute approximate surface area is 227 Å². The molecule has 4 rings (SSSR count). The van der Waals surface area contributed by atoms with Crippen LogP contribution in [0.2, 0.25) is 0 Å². The SMILES string of the molecule is COc1c(C(=O)NC(CNC(=O)OC(C)(C)C)Cc2ccccc2)sc(-c2ccnc3[nH]ccc23)c1Br. The van der Waals surface area contributed by atoms with Gasteiger partial charge in [-0.1, -0.05) is 30.3 Å². The van der Waals surface area contributed by atoms with Crippen molar-refractivity contribution >= 4 is 50.3 Å². The largest absolute Gasteiger partial charge is 0.494 e. The number of pyridine rings is 1. The molecule has 1 aromatic carbocycles. The summed E-state index contributed by atoms with van der Waals surface area (Å²) in [5, 5.41) is 6.81. The Bertz CT molecular complexity index is 1390. The molecule has 0 spiro atoms. The molecule has 10 heteroatoms. The highest BCUT2D eigenvalue weighted by molar-refractivity contribution is 9.10. The molecule has 3 heterocycles. The van der Waals surface area contributed by atoms with E-state index in [1.54, 1.807) is 27.0 Å². The van der Waals surface area contributed by atoms with Gasteiger partial charge in [0.2, 0.25) is 0 Å². The molecule has 0 aliphatic heterocycles. The number of carbonyl (C=O) groups excluding carboxylic acids is 2. The number of carbonyl (C=O) groups is 2.